The molecule has 1 heterocycles. The number of methoxy groups -OCH3 is 3. The van der Waals surface area contributed by atoms with Crippen molar-refractivity contribution >= 4 is 5.91 Å². The van der Waals surface area contributed by atoms with Crippen molar-refractivity contribution in [2.45, 2.75) is 31.7 Å². The molecule has 128 valence electrons. The van der Waals surface area contributed by atoms with Crippen LogP contribution in [0.4, 0.5) is 0 Å². The lowest BCUT2D eigenvalue weighted by Gasteiger charge is -2.23. The van der Waals surface area contributed by atoms with Crippen LogP contribution >= 0.6 is 0 Å². The zero-order valence-electron chi connectivity index (χ0n) is 14.1. The number of hydrogen-bond acceptors (Lipinski definition) is 5. The molecule has 6 heteroatoms. The second-order valence-electron chi connectivity index (χ2n) is 5.63. The Morgan fingerprint density at radius 1 is 1.13 bits per heavy atom. The van der Waals surface area contributed by atoms with Crippen LogP contribution in [0.25, 0.3) is 0 Å². The minimum absolute atomic E-state index is 0.0886. The molecule has 0 spiro atoms. The highest BCUT2D eigenvalue weighted by molar-refractivity contribution is 5.76. The van der Waals surface area contributed by atoms with Gasteiger partial charge in [-0.3, -0.25) is 4.79 Å². The SMILES string of the molecule is COc1cc(CCC(=O)NC2CCNCC2)cc(OC)c1OC. The standard InChI is InChI=1S/C17H26N2O4/c1-21-14-10-12(11-15(22-2)17(14)23-3)4-5-16(20)19-13-6-8-18-9-7-13/h10-11,13,18H,4-9H2,1-3H3,(H,19,20). The molecule has 0 aliphatic carbocycles. The van der Waals surface area contributed by atoms with Gasteiger partial charge in [0.2, 0.25) is 11.7 Å². The molecular weight excluding hydrogens is 296 g/mol. The van der Waals surface area contributed by atoms with Crippen LogP contribution in [0.15, 0.2) is 12.1 Å². The van der Waals surface area contributed by atoms with Crippen molar-refractivity contribution in [3.63, 3.8) is 0 Å². The van der Waals surface area contributed by atoms with Gasteiger partial charge in [-0.15, -0.1) is 0 Å². The molecule has 1 aromatic rings. The Morgan fingerprint density at radius 2 is 1.74 bits per heavy atom. The van der Waals surface area contributed by atoms with Crippen molar-refractivity contribution in [1.29, 1.82) is 0 Å². The Kier molecular flexibility index (Phi) is 6.52. The predicted octanol–water partition coefficient (Wildman–Crippen LogP) is 1.51. The summed E-state index contributed by atoms with van der Waals surface area (Å²) in [5.74, 6) is 1.88. The third-order valence-electron chi connectivity index (χ3n) is 4.07. The number of rotatable bonds is 7. The minimum atomic E-state index is 0.0886. The number of carbonyl (C=O) groups excluding carboxylic acids is 1. The maximum atomic E-state index is 12.1. The van der Waals surface area contributed by atoms with Crippen LogP contribution in [-0.4, -0.2) is 46.4 Å². The molecular formula is C17H26N2O4. The topological polar surface area (TPSA) is 68.8 Å². The zero-order valence-corrected chi connectivity index (χ0v) is 14.1. The summed E-state index contributed by atoms with van der Waals surface area (Å²) in [6.45, 7) is 1.94. The predicted molar refractivity (Wildman–Crippen MR) is 88.5 cm³/mol. The van der Waals surface area contributed by atoms with E-state index in [0.717, 1.165) is 31.5 Å². The van der Waals surface area contributed by atoms with E-state index in [9.17, 15) is 4.79 Å². The van der Waals surface area contributed by atoms with Gasteiger partial charge < -0.3 is 24.8 Å². The fraction of sp³-hybridized carbons (Fsp3) is 0.588. The van der Waals surface area contributed by atoms with Gasteiger partial charge in [-0.25, -0.2) is 0 Å². The maximum Gasteiger partial charge on any atom is 0.220 e. The zero-order chi connectivity index (χ0) is 16.7. The average molecular weight is 322 g/mol. The van der Waals surface area contributed by atoms with E-state index in [1.54, 1.807) is 21.3 Å². The number of carbonyl (C=O) groups is 1. The Labute approximate surface area is 137 Å². The maximum absolute atomic E-state index is 12.1. The van der Waals surface area contributed by atoms with E-state index in [4.69, 9.17) is 14.2 Å². The lowest BCUT2D eigenvalue weighted by atomic mass is 10.1. The summed E-state index contributed by atoms with van der Waals surface area (Å²) in [5.41, 5.74) is 0.986. The molecule has 1 aliphatic rings. The van der Waals surface area contributed by atoms with Crippen molar-refractivity contribution in [1.82, 2.24) is 10.6 Å². The first kappa shape index (κ1) is 17.4. The fourth-order valence-corrected chi connectivity index (χ4v) is 2.80. The highest BCUT2D eigenvalue weighted by atomic mass is 16.5. The molecule has 0 aromatic heterocycles. The van der Waals surface area contributed by atoms with Crippen molar-refractivity contribution < 1.29 is 19.0 Å². The van der Waals surface area contributed by atoms with E-state index in [-0.39, 0.29) is 5.91 Å². The van der Waals surface area contributed by atoms with Crippen LogP contribution in [-0.2, 0) is 11.2 Å². The molecule has 1 fully saturated rings. The van der Waals surface area contributed by atoms with Gasteiger partial charge in [0.05, 0.1) is 21.3 Å². The van der Waals surface area contributed by atoms with E-state index < -0.39 is 0 Å². The fourth-order valence-electron chi connectivity index (χ4n) is 2.80. The third-order valence-corrected chi connectivity index (χ3v) is 4.07. The summed E-state index contributed by atoms with van der Waals surface area (Å²) in [7, 11) is 4.75. The molecule has 0 atom stereocenters. The Balaban J connectivity index is 1.95. The van der Waals surface area contributed by atoms with E-state index in [0.29, 0.717) is 36.1 Å². The number of nitrogens with one attached hydrogen (secondary N) is 2. The van der Waals surface area contributed by atoms with E-state index in [2.05, 4.69) is 10.6 Å². The lowest BCUT2D eigenvalue weighted by Crippen LogP contribution is -2.42. The summed E-state index contributed by atoms with van der Waals surface area (Å²) in [4.78, 5) is 12.1. The summed E-state index contributed by atoms with van der Waals surface area (Å²) in [5, 5.41) is 6.39. The number of aryl methyl sites for hydroxylation is 1. The second kappa shape index (κ2) is 8.62. The molecule has 1 aromatic carbocycles. The molecule has 1 saturated heterocycles. The monoisotopic (exact) mass is 322 g/mol. The molecule has 0 unspecified atom stereocenters. The van der Waals surface area contributed by atoms with E-state index >= 15 is 0 Å². The third kappa shape index (κ3) is 4.76. The molecule has 0 saturated carbocycles. The smallest absolute Gasteiger partial charge is 0.220 e. The van der Waals surface area contributed by atoms with Gasteiger partial charge in [0.25, 0.3) is 0 Å². The molecule has 0 radical (unpaired) electrons. The van der Waals surface area contributed by atoms with Crippen molar-refractivity contribution in [3.8, 4) is 17.2 Å². The quantitative estimate of drug-likeness (QED) is 0.796. The van der Waals surface area contributed by atoms with Gasteiger partial charge in [0, 0.05) is 12.5 Å². The molecule has 1 aliphatic heterocycles. The van der Waals surface area contributed by atoms with Gasteiger partial charge in [-0.2, -0.15) is 0 Å². The lowest BCUT2D eigenvalue weighted by molar-refractivity contribution is -0.121. The first-order chi connectivity index (χ1) is 11.2. The van der Waals surface area contributed by atoms with Crippen LogP contribution in [0.1, 0.15) is 24.8 Å². The van der Waals surface area contributed by atoms with E-state index in [1.807, 2.05) is 12.1 Å². The molecule has 2 N–H and O–H groups in total. The molecule has 1 amide bonds. The summed E-state index contributed by atoms with van der Waals surface area (Å²) in [6, 6.07) is 4.07. The highest BCUT2D eigenvalue weighted by Crippen LogP contribution is 2.38. The van der Waals surface area contributed by atoms with Gasteiger partial charge in [0.1, 0.15) is 0 Å². The first-order valence-electron chi connectivity index (χ1n) is 7.97. The molecule has 2 rings (SSSR count). The molecule has 0 bridgehead atoms. The van der Waals surface area contributed by atoms with E-state index in [1.165, 1.54) is 0 Å². The normalized spacial score (nSPS) is 15.1. The summed E-state index contributed by atoms with van der Waals surface area (Å²) >= 11 is 0. The number of benzene rings is 1. The average Bonchev–Trinajstić information content (AvgIpc) is 2.59. The summed E-state index contributed by atoms with van der Waals surface area (Å²) in [6.07, 6.45) is 3.07. The van der Waals surface area contributed by atoms with Gasteiger partial charge in [0.15, 0.2) is 11.5 Å². The largest absolute Gasteiger partial charge is 0.493 e. The number of hydrogen-bond donors (Lipinski definition) is 2. The van der Waals surface area contributed by atoms with Crippen molar-refractivity contribution in [2.24, 2.45) is 0 Å². The Hall–Kier alpha value is -1.95. The van der Waals surface area contributed by atoms with Crippen molar-refractivity contribution in [3.05, 3.63) is 17.7 Å². The Morgan fingerprint density at radius 3 is 2.26 bits per heavy atom. The van der Waals surface area contributed by atoms with Gasteiger partial charge in [-0.05, 0) is 50.0 Å². The second-order valence-corrected chi connectivity index (χ2v) is 5.63. The highest BCUT2D eigenvalue weighted by Gasteiger charge is 2.16. The van der Waals surface area contributed by atoms with Crippen LogP contribution in [0.5, 0.6) is 17.2 Å². The van der Waals surface area contributed by atoms with Crippen LogP contribution in [0.2, 0.25) is 0 Å². The van der Waals surface area contributed by atoms with Gasteiger partial charge in [-0.1, -0.05) is 0 Å². The van der Waals surface area contributed by atoms with Gasteiger partial charge >= 0.3 is 0 Å². The summed E-state index contributed by atoms with van der Waals surface area (Å²) < 4.78 is 16.0. The molecule has 6 nitrogen and oxygen atoms in total. The van der Waals surface area contributed by atoms with Crippen molar-refractivity contribution in [2.75, 3.05) is 34.4 Å². The van der Waals surface area contributed by atoms with Crippen LogP contribution in [0.3, 0.4) is 0 Å². The van der Waals surface area contributed by atoms with Crippen LogP contribution in [0, 0.1) is 0 Å². The number of ether oxygens (including phenoxy) is 3. The minimum Gasteiger partial charge on any atom is -0.493 e. The Bertz CT molecular complexity index is 502. The van der Waals surface area contributed by atoms with Crippen LogP contribution < -0.4 is 24.8 Å². The number of piperidine rings is 1. The molecule has 23 heavy (non-hydrogen) atoms. The number of amides is 1. The first-order valence-corrected chi connectivity index (χ1v) is 7.97.